The van der Waals surface area contributed by atoms with Gasteiger partial charge in [0.1, 0.15) is 16.5 Å². The van der Waals surface area contributed by atoms with Crippen LogP contribution in [0.3, 0.4) is 0 Å². The Balaban J connectivity index is 1.50. The molecule has 170 valence electrons. The minimum atomic E-state index is -4.07. The van der Waals surface area contributed by atoms with Gasteiger partial charge in [-0.3, -0.25) is 0 Å². The number of sulfone groups is 1. The third kappa shape index (κ3) is 4.44. The summed E-state index contributed by atoms with van der Waals surface area (Å²) in [6.45, 7) is 0.907. The van der Waals surface area contributed by atoms with Crippen LogP contribution in [-0.2, 0) is 9.84 Å². The smallest absolute Gasteiger partial charge is 0.185 e. The van der Waals surface area contributed by atoms with Crippen molar-refractivity contribution in [3.63, 3.8) is 0 Å². The van der Waals surface area contributed by atoms with Crippen molar-refractivity contribution in [2.45, 2.75) is 23.0 Å². The molecule has 3 aromatic rings. The first kappa shape index (κ1) is 23.6. The van der Waals surface area contributed by atoms with Crippen molar-refractivity contribution in [1.82, 2.24) is 4.98 Å². The quantitative estimate of drug-likeness (QED) is 0.330. The van der Waals surface area contributed by atoms with Gasteiger partial charge in [0.15, 0.2) is 20.8 Å². The number of aromatic nitrogens is 1. The molecule has 0 aliphatic carbocycles. The molecule has 1 aliphatic rings. The Bertz CT molecular complexity index is 1220. The van der Waals surface area contributed by atoms with Gasteiger partial charge in [0.05, 0.1) is 27.0 Å². The standard InChI is InChI=1S/C21H18Br2F2N2O3S2/c1-30-13-4-2-12(3-5-13)17-11-31-21(26-17)27-8-6-14(7-9-27)32(28,29)20-18(23)16(24)10-15(22)19(20)25/h2-5,10-11,14H,6-9H2,1H3. The monoisotopic (exact) mass is 606 g/mol. The molecule has 0 unspecified atom stereocenters. The van der Waals surface area contributed by atoms with Crippen LogP contribution in [0, 0.1) is 11.6 Å². The Labute approximate surface area is 205 Å². The molecule has 0 spiro atoms. The van der Waals surface area contributed by atoms with Crippen LogP contribution >= 0.6 is 43.2 Å². The molecule has 32 heavy (non-hydrogen) atoms. The molecule has 1 saturated heterocycles. The topological polar surface area (TPSA) is 59.5 Å². The Hall–Kier alpha value is -1.56. The van der Waals surface area contributed by atoms with Gasteiger partial charge in [-0.1, -0.05) is 0 Å². The summed E-state index contributed by atoms with van der Waals surface area (Å²) < 4.78 is 59.5. The maximum absolute atomic E-state index is 14.6. The SMILES string of the molecule is COc1ccc(-c2csc(N3CCC(S(=O)(=O)c4c(F)c(Br)cc(F)c4Br)CC3)n2)cc1. The summed E-state index contributed by atoms with van der Waals surface area (Å²) >= 11 is 7.29. The number of hydrogen-bond donors (Lipinski definition) is 0. The van der Waals surface area contributed by atoms with E-state index in [2.05, 4.69) is 36.8 Å². The summed E-state index contributed by atoms with van der Waals surface area (Å²) in [5.41, 5.74) is 1.79. The molecule has 2 heterocycles. The van der Waals surface area contributed by atoms with Crippen LogP contribution < -0.4 is 9.64 Å². The highest BCUT2D eigenvalue weighted by Gasteiger charge is 2.37. The average molecular weight is 608 g/mol. The van der Waals surface area contributed by atoms with Gasteiger partial charge in [-0.2, -0.15) is 0 Å². The Morgan fingerprint density at radius 3 is 2.44 bits per heavy atom. The van der Waals surface area contributed by atoms with E-state index in [1.165, 1.54) is 11.3 Å². The number of nitrogens with zero attached hydrogens (tertiary/aromatic N) is 2. The highest BCUT2D eigenvalue weighted by molar-refractivity contribution is 9.11. The lowest BCUT2D eigenvalue weighted by Crippen LogP contribution is -2.39. The summed E-state index contributed by atoms with van der Waals surface area (Å²) in [7, 11) is -2.45. The van der Waals surface area contributed by atoms with Gasteiger partial charge in [0.25, 0.3) is 0 Å². The van der Waals surface area contributed by atoms with E-state index in [0.29, 0.717) is 25.9 Å². The third-order valence-electron chi connectivity index (χ3n) is 5.39. The molecule has 2 aromatic carbocycles. The highest BCUT2D eigenvalue weighted by atomic mass is 79.9. The summed E-state index contributed by atoms with van der Waals surface area (Å²) in [6.07, 6.45) is 0.583. The zero-order valence-corrected chi connectivity index (χ0v) is 21.6. The summed E-state index contributed by atoms with van der Waals surface area (Å²) in [6, 6.07) is 8.50. The largest absolute Gasteiger partial charge is 0.497 e. The molecule has 1 aliphatic heterocycles. The van der Waals surface area contributed by atoms with Crippen molar-refractivity contribution in [3.8, 4) is 17.0 Å². The number of thiazole rings is 1. The molecule has 5 nitrogen and oxygen atoms in total. The molecular weight excluding hydrogens is 590 g/mol. The van der Waals surface area contributed by atoms with Gasteiger partial charge in [-0.05, 0) is 75.0 Å². The van der Waals surface area contributed by atoms with Gasteiger partial charge >= 0.3 is 0 Å². The average Bonchev–Trinajstić information content (AvgIpc) is 3.28. The van der Waals surface area contributed by atoms with Gasteiger partial charge in [0, 0.05) is 24.0 Å². The van der Waals surface area contributed by atoms with E-state index in [1.807, 2.05) is 34.5 Å². The fraction of sp³-hybridized carbons (Fsp3) is 0.286. The van der Waals surface area contributed by atoms with E-state index in [0.717, 1.165) is 28.2 Å². The fourth-order valence-electron chi connectivity index (χ4n) is 3.63. The van der Waals surface area contributed by atoms with Crippen molar-refractivity contribution in [1.29, 1.82) is 0 Å². The maximum atomic E-state index is 14.6. The number of halogens is 4. The van der Waals surface area contributed by atoms with E-state index < -0.39 is 31.6 Å². The minimum Gasteiger partial charge on any atom is -0.497 e. The number of hydrogen-bond acceptors (Lipinski definition) is 6. The minimum absolute atomic E-state index is 0.219. The van der Waals surface area contributed by atoms with Crippen molar-refractivity contribution >= 4 is 58.2 Å². The Kier molecular flexibility index (Phi) is 6.90. The van der Waals surface area contributed by atoms with E-state index >= 15 is 0 Å². The van der Waals surface area contributed by atoms with Crippen LogP contribution in [0.15, 0.2) is 49.6 Å². The van der Waals surface area contributed by atoms with Crippen LogP contribution in [-0.4, -0.2) is 38.9 Å². The second-order valence-corrected chi connectivity index (χ2v) is 11.9. The second kappa shape index (κ2) is 9.36. The first-order valence-corrected chi connectivity index (χ1v) is 13.7. The second-order valence-electron chi connectivity index (χ2n) is 7.27. The first-order chi connectivity index (χ1) is 15.2. The van der Waals surface area contributed by atoms with Crippen molar-refractivity contribution in [3.05, 3.63) is 56.3 Å². The molecule has 0 amide bonds. The Morgan fingerprint density at radius 2 is 1.81 bits per heavy atom. The van der Waals surface area contributed by atoms with Gasteiger partial charge < -0.3 is 9.64 Å². The number of ether oxygens (including phenoxy) is 1. The molecule has 0 radical (unpaired) electrons. The molecule has 11 heteroatoms. The van der Waals surface area contributed by atoms with Gasteiger partial charge in [0.2, 0.25) is 0 Å². The normalized spacial score (nSPS) is 15.2. The summed E-state index contributed by atoms with van der Waals surface area (Å²) in [5.74, 6) is -1.05. The first-order valence-electron chi connectivity index (χ1n) is 9.64. The summed E-state index contributed by atoms with van der Waals surface area (Å²) in [5, 5.41) is 1.95. The van der Waals surface area contributed by atoms with Crippen molar-refractivity contribution < 1.29 is 21.9 Å². The van der Waals surface area contributed by atoms with E-state index in [9.17, 15) is 17.2 Å². The fourth-order valence-corrected chi connectivity index (χ4v) is 7.89. The third-order valence-corrected chi connectivity index (χ3v) is 10.2. The molecule has 0 bridgehead atoms. The highest BCUT2D eigenvalue weighted by Crippen LogP contribution is 2.38. The zero-order valence-electron chi connectivity index (χ0n) is 16.8. The van der Waals surface area contributed by atoms with Crippen LogP contribution in [0.1, 0.15) is 12.8 Å². The number of rotatable bonds is 5. The lowest BCUT2D eigenvalue weighted by molar-refractivity contribution is 0.415. The van der Waals surface area contributed by atoms with Crippen LogP contribution in [0.25, 0.3) is 11.3 Å². The molecule has 1 aromatic heterocycles. The zero-order chi connectivity index (χ0) is 23.0. The van der Waals surface area contributed by atoms with Crippen LogP contribution in [0.2, 0.25) is 0 Å². The predicted octanol–water partition coefficient (Wildman–Crippen LogP) is 6.06. The number of methoxy groups -OCH3 is 1. The molecule has 4 rings (SSSR count). The van der Waals surface area contributed by atoms with E-state index in [-0.39, 0.29) is 8.95 Å². The number of benzene rings is 2. The van der Waals surface area contributed by atoms with Crippen molar-refractivity contribution in [2.75, 3.05) is 25.1 Å². The van der Waals surface area contributed by atoms with E-state index in [4.69, 9.17) is 4.74 Å². The summed E-state index contributed by atoms with van der Waals surface area (Å²) in [4.78, 5) is 6.09. The number of anilines is 1. The van der Waals surface area contributed by atoms with E-state index in [1.54, 1.807) is 7.11 Å². The molecule has 1 fully saturated rings. The van der Waals surface area contributed by atoms with Crippen LogP contribution in [0.4, 0.5) is 13.9 Å². The van der Waals surface area contributed by atoms with Gasteiger partial charge in [-0.25, -0.2) is 22.2 Å². The molecular formula is C21H18Br2F2N2O3S2. The van der Waals surface area contributed by atoms with Crippen molar-refractivity contribution in [2.24, 2.45) is 0 Å². The lowest BCUT2D eigenvalue weighted by atomic mass is 10.1. The molecule has 0 saturated carbocycles. The van der Waals surface area contributed by atoms with Gasteiger partial charge in [-0.15, -0.1) is 11.3 Å². The molecule has 0 N–H and O–H groups in total. The Morgan fingerprint density at radius 1 is 1.16 bits per heavy atom. The number of piperidine rings is 1. The lowest BCUT2D eigenvalue weighted by Gasteiger charge is -2.31. The predicted molar refractivity (Wildman–Crippen MR) is 128 cm³/mol. The van der Waals surface area contributed by atoms with Crippen LogP contribution in [0.5, 0.6) is 5.75 Å². The molecule has 0 atom stereocenters. The maximum Gasteiger partial charge on any atom is 0.185 e.